The summed E-state index contributed by atoms with van der Waals surface area (Å²) >= 11 is 0. The van der Waals surface area contributed by atoms with Crippen molar-refractivity contribution in [2.45, 2.75) is 25.6 Å². The van der Waals surface area contributed by atoms with Crippen molar-refractivity contribution in [1.29, 1.82) is 0 Å². The van der Waals surface area contributed by atoms with Crippen LogP contribution in [-0.4, -0.2) is 42.3 Å². The molecule has 1 aromatic rings. The van der Waals surface area contributed by atoms with Crippen molar-refractivity contribution in [3.8, 4) is 0 Å². The Hall–Kier alpha value is -1.72. The van der Waals surface area contributed by atoms with Gasteiger partial charge in [-0.15, -0.1) is 0 Å². The van der Waals surface area contributed by atoms with Crippen LogP contribution >= 0.6 is 0 Å². The second kappa shape index (κ2) is 5.34. The van der Waals surface area contributed by atoms with Gasteiger partial charge in [0.05, 0.1) is 6.17 Å². The molecule has 20 heavy (non-hydrogen) atoms. The summed E-state index contributed by atoms with van der Waals surface area (Å²) in [5.74, 6) is -0.291. The van der Waals surface area contributed by atoms with Crippen LogP contribution in [0.15, 0.2) is 24.3 Å². The normalized spacial score (nSPS) is 26.8. The fourth-order valence-corrected chi connectivity index (χ4v) is 3.16. The van der Waals surface area contributed by atoms with Gasteiger partial charge in [-0.25, -0.2) is 0 Å². The maximum atomic E-state index is 12.0. The molecular weight excluding hydrogens is 254 g/mol. The molecule has 5 nitrogen and oxygen atoms in total. The number of carbonyl (C=O) groups is 2. The van der Waals surface area contributed by atoms with E-state index >= 15 is 0 Å². The van der Waals surface area contributed by atoms with Crippen molar-refractivity contribution in [1.82, 2.24) is 15.5 Å². The van der Waals surface area contributed by atoms with E-state index in [9.17, 15) is 9.59 Å². The third kappa shape index (κ3) is 2.23. The molecule has 5 heteroatoms. The number of amides is 1. The lowest BCUT2D eigenvalue weighted by molar-refractivity contribution is -0.139. The molecule has 2 aliphatic rings. The predicted octanol–water partition coefficient (Wildman–Crippen LogP) is 0.220. The van der Waals surface area contributed by atoms with Gasteiger partial charge in [-0.05, 0) is 24.5 Å². The van der Waals surface area contributed by atoms with Crippen LogP contribution in [0.2, 0.25) is 0 Å². The molecule has 0 aromatic heterocycles. The SMILES string of the molecule is CC(=O)C1C(=O)NCCN1C1NCCc2ccccc21. The highest BCUT2D eigenvalue weighted by atomic mass is 16.2. The van der Waals surface area contributed by atoms with Crippen LogP contribution in [0.5, 0.6) is 0 Å². The van der Waals surface area contributed by atoms with Crippen LogP contribution in [0.25, 0.3) is 0 Å². The zero-order valence-corrected chi connectivity index (χ0v) is 11.6. The molecule has 0 aliphatic carbocycles. The summed E-state index contributed by atoms with van der Waals surface area (Å²) in [7, 11) is 0. The molecule has 2 N–H and O–H groups in total. The summed E-state index contributed by atoms with van der Waals surface area (Å²) in [6.07, 6.45) is 0.928. The molecule has 1 fully saturated rings. The van der Waals surface area contributed by atoms with E-state index in [4.69, 9.17) is 0 Å². The maximum absolute atomic E-state index is 12.0. The second-order valence-electron chi connectivity index (χ2n) is 5.35. The van der Waals surface area contributed by atoms with Crippen LogP contribution in [0, 0.1) is 0 Å². The summed E-state index contributed by atoms with van der Waals surface area (Å²) in [5, 5.41) is 6.22. The van der Waals surface area contributed by atoms with E-state index in [0.29, 0.717) is 13.1 Å². The average Bonchev–Trinajstić information content (AvgIpc) is 2.46. The molecule has 0 spiro atoms. The summed E-state index contributed by atoms with van der Waals surface area (Å²) in [4.78, 5) is 25.8. The van der Waals surface area contributed by atoms with Crippen molar-refractivity contribution < 1.29 is 9.59 Å². The molecule has 2 unspecified atom stereocenters. The van der Waals surface area contributed by atoms with Crippen LogP contribution in [0.3, 0.4) is 0 Å². The fraction of sp³-hybridized carbons (Fsp3) is 0.467. The maximum Gasteiger partial charge on any atom is 0.245 e. The van der Waals surface area contributed by atoms with Crippen LogP contribution < -0.4 is 10.6 Å². The minimum Gasteiger partial charge on any atom is -0.353 e. The molecule has 0 saturated carbocycles. The zero-order chi connectivity index (χ0) is 14.1. The number of piperazine rings is 1. The van der Waals surface area contributed by atoms with Gasteiger partial charge < -0.3 is 5.32 Å². The van der Waals surface area contributed by atoms with Crippen LogP contribution in [-0.2, 0) is 16.0 Å². The van der Waals surface area contributed by atoms with Gasteiger partial charge in [-0.1, -0.05) is 24.3 Å². The Morgan fingerprint density at radius 1 is 1.30 bits per heavy atom. The number of hydrogen-bond acceptors (Lipinski definition) is 4. The first-order chi connectivity index (χ1) is 9.68. The van der Waals surface area contributed by atoms with E-state index in [1.54, 1.807) is 0 Å². The quantitative estimate of drug-likeness (QED) is 0.757. The number of Topliss-reactive ketones (excluding diaryl/α,β-unsaturated/α-hetero) is 1. The largest absolute Gasteiger partial charge is 0.353 e. The number of hydrogen-bond donors (Lipinski definition) is 2. The van der Waals surface area contributed by atoms with Gasteiger partial charge in [0.1, 0.15) is 6.04 Å². The third-order valence-corrected chi connectivity index (χ3v) is 4.05. The Bertz CT molecular complexity index is 544. The molecule has 1 aromatic carbocycles. The predicted molar refractivity (Wildman–Crippen MR) is 75.1 cm³/mol. The standard InChI is InChI=1S/C15H19N3O2/c1-10(19)13-15(20)17-8-9-18(13)14-12-5-3-2-4-11(12)6-7-16-14/h2-5,13-14,16H,6-9H2,1H3,(H,17,20). The molecule has 2 aliphatic heterocycles. The van der Waals surface area contributed by atoms with Crippen LogP contribution in [0.4, 0.5) is 0 Å². The Balaban J connectivity index is 1.96. The van der Waals surface area contributed by atoms with Gasteiger partial charge in [-0.2, -0.15) is 0 Å². The highest BCUT2D eigenvalue weighted by Crippen LogP contribution is 2.28. The van der Waals surface area contributed by atoms with Crippen molar-refractivity contribution in [2.75, 3.05) is 19.6 Å². The number of benzene rings is 1. The number of ketones is 1. The fourth-order valence-electron chi connectivity index (χ4n) is 3.16. The van der Waals surface area contributed by atoms with E-state index in [1.807, 2.05) is 17.0 Å². The van der Waals surface area contributed by atoms with Crippen molar-refractivity contribution in [3.63, 3.8) is 0 Å². The lowest BCUT2D eigenvalue weighted by Crippen LogP contribution is -2.61. The number of nitrogens with one attached hydrogen (secondary N) is 2. The molecule has 2 atom stereocenters. The number of nitrogens with zero attached hydrogens (tertiary/aromatic N) is 1. The summed E-state index contributed by atoms with van der Waals surface area (Å²) in [5.41, 5.74) is 2.48. The minimum atomic E-state index is -0.688. The smallest absolute Gasteiger partial charge is 0.245 e. The molecule has 0 radical (unpaired) electrons. The Labute approximate surface area is 118 Å². The molecule has 1 saturated heterocycles. The van der Waals surface area contributed by atoms with Crippen molar-refractivity contribution in [3.05, 3.63) is 35.4 Å². The van der Waals surface area contributed by atoms with Gasteiger partial charge in [0.15, 0.2) is 5.78 Å². The lowest BCUT2D eigenvalue weighted by atomic mass is 9.95. The number of fused-ring (bicyclic) bond motifs is 1. The monoisotopic (exact) mass is 273 g/mol. The topological polar surface area (TPSA) is 61.4 Å². The van der Waals surface area contributed by atoms with Gasteiger partial charge in [0.25, 0.3) is 0 Å². The van der Waals surface area contributed by atoms with E-state index in [0.717, 1.165) is 13.0 Å². The third-order valence-electron chi connectivity index (χ3n) is 4.05. The summed E-state index contributed by atoms with van der Waals surface area (Å²) < 4.78 is 0. The molecule has 2 heterocycles. The second-order valence-corrected chi connectivity index (χ2v) is 5.35. The first kappa shape index (κ1) is 13.3. The molecule has 0 bridgehead atoms. The average molecular weight is 273 g/mol. The zero-order valence-electron chi connectivity index (χ0n) is 11.6. The molecule has 1 amide bonds. The molecular formula is C15H19N3O2. The van der Waals surface area contributed by atoms with E-state index in [-0.39, 0.29) is 17.9 Å². The van der Waals surface area contributed by atoms with E-state index in [2.05, 4.69) is 22.8 Å². The number of rotatable bonds is 2. The number of carbonyl (C=O) groups excluding carboxylic acids is 2. The molecule has 106 valence electrons. The molecule has 3 rings (SSSR count). The van der Waals surface area contributed by atoms with Gasteiger partial charge >= 0.3 is 0 Å². The summed E-state index contributed by atoms with van der Waals surface area (Å²) in [6.45, 7) is 3.62. The van der Waals surface area contributed by atoms with Gasteiger partial charge in [-0.3, -0.25) is 19.8 Å². The highest BCUT2D eigenvalue weighted by molar-refractivity contribution is 6.04. The van der Waals surface area contributed by atoms with E-state index < -0.39 is 6.04 Å². The Kier molecular flexibility index (Phi) is 3.54. The first-order valence-electron chi connectivity index (χ1n) is 7.03. The van der Waals surface area contributed by atoms with Gasteiger partial charge in [0.2, 0.25) is 5.91 Å². The van der Waals surface area contributed by atoms with Crippen molar-refractivity contribution in [2.24, 2.45) is 0 Å². The van der Waals surface area contributed by atoms with Gasteiger partial charge in [0, 0.05) is 19.6 Å². The van der Waals surface area contributed by atoms with Crippen LogP contribution in [0.1, 0.15) is 24.2 Å². The Morgan fingerprint density at radius 3 is 2.90 bits per heavy atom. The Morgan fingerprint density at radius 2 is 2.10 bits per heavy atom. The van der Waals surface area contributed by atoms with E-state index in [1.165, 1.54) is 18.1 Å². The summed E-state index contributed by atoms with van der Waals surface area (Å²) in [6, 6.07) is 7.55. The minimum absolute atomic E-state index is 0.0556. The first-order valence-corrected chi connectivity index (χ1v) is 7.03. The van der Waals surface area contributed by atoms with Crippen molar-refractivity contribution >= 4 is 11.7 Å². The lowest BCUT2D eigenvalue weighted by Gasteiger charge is -2.42. The highest BCUT2D eigenvalue weighted by Gasteiger charge is 2.39.